The van der Waals surface area contributed by atoms with E-state index in [1.54, 1.807) is 12.1 Å². The smallest absolute Gasteiger partial charge is 0.270 e. The highest BCUT2D eigenvalue weighted by Gasteiger charge is 2.14. The number of amides is 1. The first-order valence-electron chi connectivity index (χ1n) is 8.28. The third-order valence-corrected chi connectivity index (χ3v) is 4.07. The fourth-order valence-electron chi connectivity index (χ4n) is 2.38. The number of nitrogens with zero attached hydrogens (tertiary/aromatic N) is 3. The van der Waals surface area contributed by atoms with Crippen LogP contribution in [-0.2, 0) is 0 Å². The molecule has 0 fully saturated rings. The second kappa shape index (κ2) is 8.92. The van der Waals surface area contributed by atoms with Crippen molar-refractivity contribution >= 4 is 23.2 Å². The number of carbonyl (C=O) groups excluding carboxylic acids is 1. The van der Waals surface area contributed by atoms with Crippen molar-refractivity contribution in [3.8, 4) is 17.1 Å². The number of nitro groups is 1. The van der Waals surface area contributed by atoms with E-state index in [9.17, 15) is 14.9 Å². The molecule has 142 valence electrons. The minimum atomic E-state index is -0.578. The lowest BCUT2D eigenvalue weighted by Crippen LogP contribution is -2.28. The lowest BCUT2D eigenvalue weighted by Gasteiger charge is -2.08. The number of aromatic nitrogens is 2. The van der Waals surface area contributed by atoms with Gasteiger partial charge in [0.15, 0.2) is 0 Å². The Balaban J connectivity index is 1.49. The largest absolute Gasteiger partial charge is 0.475 e. The van der Waals surface area contributed by atoms with E-state index < -0.39 is 10.8 Å². The zero-order valence-corrected chi connectivity index (χ0v) is 15.3. The highest BCUT2D eigenvalue weighted by molar-refractivity contribution is 6.34. The number of halogens is 1. The van der Waals surface area contributed by atoms with Gasteiger partial charge in [-0.3, -0.25) is 14.9 Å². The van der Waals surface area contributed by atoms with Crippen LogP contribution in [0.25, 0.3) is 11.3 Å². The molecule has 0 aliphatic rings. The number of nitrogens with one attached hydrogen (secondary N) is 1. The Morgan fingerprint density at radius 3 is 2.54 bits per heavy atom. The third kappa shape index (κ3) is 4.80. The van der Waals surface area contributed by atoms with E-state index >= 15 is 0 Å². The maximum atomic E-state index is 12.1. The number of hydrogen-bond acceptors (Lipinski definition) is 6. The molecule has 0 unspecified atom stereocenters. The minimum Gasteiger partial charge on any atom is -0.475 e. The number of carbonyl (C=O) groups is 1. The van der Waals surface area contributed by atoms with Crippen molar-refractivity contribution in [3.63, 3.8) is 0 Å². The molecule has 0 aliphatic heterocycles. The molecule has 2 aromatic carbocycles. The average Bonchev–Trinajstić information content (AvgIpc) is 2.72. The van der Waals surface area contributed by atoms with Crippen LogP contribution in [0.5, 0.6) is 5.88 Å². The summed E-state index contributed by atoms with van der Waals surface area (Å²) in [6.07, 6.45) is 0. The Kier molecular flexibility index (Phi) is 6.13. The molecule has 1 amide bonds. The Morgan fingerprint density at radius 1 is 1.11 bits per heavy atom. The van der Waals surface area contributed by atoms with Crippen LogP contribution < -0.4 is 10.1 Å². The lowest BCUT2D eigenvalue weighted by atomic mass is 10.1. The van der Waals surface area contributed by atoms with E-state index in [4.69, 9.17) is 16.3 Å². The molecule has 0 saturated carbocycles. The molecule has 8 nitrogen and oxygen atoms in total. The van der Waals surface area contributed by atoms with Crippen molar-refractivity contribution in [2.24, 2.45) is 0 Å². The molecule has 1 heterocycles. The highest BCUT2D eigenvalue weighted by atomic mass is 35.5. The first kappa shape index (κ1) is 19.2. The molecule has 0 bridgehead atoms. The monoisotopic (exact) mass is 398 g/mol. The van der Waals surface area contributed by atoms with E-state index in [-0.39, 0.29) is 29.4 Å². The van der Waals surface area contributed by atoms with E-state index in [0.717, 1.165) is 17.3 Å². The van der Waals surface area contributed by atoms with Crippen molar-refractivity contribution < 1.29 is 14.5 Å². The summed E-state index contributed by atoms with van der Waals surface area (Å²) < 4.78 is 5.45. The Hall–Kier alpha value is -3.52. The van der Waals surface area contributed by atoms with Gasteiger partial charge in [0, 0.05) is 23.8 Å². The fraction of sp³-hybridized carbons (Fsp3) is 0.105. The second-order valence-corrected chi connectivity index (χ2v) is 6.06. The first-order valence-corrected chi connectivity index (χ1v) is 8.66. The van der Waals surface area contributed by atoms with E-state index in [1.807, 2.05) is 30.3 Å². The van der Waals surface area contributed by atoms with Gasteiger partial charge in [-0.15, -0.1) is 10.2 Å². The Labute approximate surface area is 165 Å². The van der Waals surface area contributed by atoms with Gasteiger partial charge < -0.3 is 10.1 Å². The van der Waals surface area contributed by atoms with Gasteiger partial charge in [-0.1, -0.05) is 41.9 Å². The average molecular weight is 399 g/mol. The molecule has 0 aliphatic carbocycles. The summed E-state index contributed by atoms with van der Waals surface area (Å²) in [5.74, 6) is -0.115. The molecule has 0 saturated heterocycles. The maximum absolute atomic E-state index is 12.1. The number of rotatable bonds is 7. The molecular weight excluding hydrogens is 384 g/mol. The summed E-state index contributed by atoms with van der Waals surface area (Å²) in [7, 11) is 0. The topological polar surface area (TPSA) is 107 Å². The maximum Gasteiger partial charge on any atom is 0.270 e. The molecule has 1 aromatic heterocycles. The summed E-state index contributed by atoms with van der Waals surface area (Å²) in [5.41, 5.74) is 1.66. The molecular formula is C19H15ClN4O4. The highest BCUT2D eigenvalue weighted by Crippen LogP contribution is 2.22. The van der Waals surface area contributed by atoms with Gasteiger partial charge >= 0.3 is 0 Å². The van der Waals surface area contributed by atoms with Crippen LogP contribution in [0.15, 0.2) is 60.7 Å². The normalized spacial score (nSPS) is 10.3. The van der Waals surface area contributed by atoms with Crippen LogP contribution in [0.2, 0.25) is 5.02 Å². The van der Waals surface area contributed by atoms with Crippen molar-refractivity contribution in [1.29, 1.82) is 0 Å². The van der Waals surface area contributed by atoms with Crippen molar-refractivity contribution in [2.75, 3.05) is 13.2 Å². The molecule has 1 N–H and O–H groups in total. The van der Waals surface area contributed by atoms with Gasteiger partial charge in [0.05, 0.1) is 27.7 Å². The van der Waals surface area contributed by atoms with Crippen LogP contribution >= 0.6 is 11.6 Å². The molecule has 3 rings (SSSR count). The van der Waals surface area contributed by atoms with Crippen molar-refractivity contribution in [1.82, 2.24) is 15.5 Å². The van der Waals surface area contributed by atoms with Crippen molar-refractivity contribution in [2.45, 2.75) is 0 Å². The summed E-state index contributed by atoms with van der Waals surface area (Å²) in [4.78, 5) is 22.2. The second-order valence-electron chi connectivity index (χ2n) is 5.65. The number of benzene rings is 2. The fourth-order valence-corrected chi connectivity index (χ4v) is 2.64. The van der Waals surface area contributed by atoms with Gasteiger partial charge in [-0.25, -0.2) is 0 Å². The van der Waals surface area contributed by atoms with Gasteiger partial charge in [-0.05, 0) is 12.1 Å². The Morgan fingerprint density at radius 2 is 1.89 bits per heavy atom. The van der Waals surface area contributed by atoms with Crippen LogP contribution in [-0.4, -0.2) is 34.2 Å². The number of nitro benzene ring substituents is 1. The van der Waals surface area contributed by atoms with Gasteiger partial charge in [0.2, 0.25) is 5.88 Å². The van der Waals surface area contributed by atoms with Crippen molar-refractivity contribution in [3.05, 3.63) is 81.4 Å². The number of non-ortho nitro benzene ring substituents is 1. The predicted molar refractivity (Wildman–Crippen MR) is 103 cm³/mol. The summed E-state index contributed by atoms with van der Waals surface area (Å²) in [6, 6.07) is 16.8. The van der Waals surface area contributed by atoms with Gasteiger partial charge in [-0.2, -0.15) is 0 Å². The zero-order chi connectivity index (χ0) is 19.9. The van der Waals surface area contributed by atoms with Crippen LogP contribution in [0, 0.1) is 10.1 Å². The first-order chi connectivity index (χ1) is 13.5. The predicted octanol–water partition coefficient (Wildman–Crippen LogP) is 3.51. The molecule has 0 radical (unpaired) electrons. The van der Waals surface area contributed by atoms with Crippen LogP contribution in [0.3, 0.4) is 0 Å². The molecule has 0 spiro atoms. The zero-order valence-electron chi connectivity index (χ0n) is 14.5. The molecule has 0 atom stereocenters. The number of ether oxygens (including phenoxy) is 1. The SMILES string of the molecule is O=C(NCCOc1ccc(-c2ccccc2)nn1)c1ccc([N+](=O)[O-])cc1Cl. The third-order valence-electron chi connectivity index (χ3n) is 3.76. The molecule has 3 aromatic rings. The van der Waals surface area contributed by atoms with E-state index in [1.165, 1.54) is 12.1 Å². The Bertz CT molecular complexity index is 981. The molecule has 9 heteroatoms. The summed E-state index contributed by atoms with van der Waals surface area (Å²) in [6.45, 7) is 0.379. The summed E-state index contributed by atoms with van der Waals surface area (Å²) >= 11 is 5.93. The standard InChI is InChI=1S/C19H15ClN4O4/c20-16-12-14(24(26)27)6-7-15(16)19(25)21-10-11-28-18-9-8-17(22-23-18)13-4-2-1-3-5-13/h1-9,12H,10-11H2,(H,21,25). The summed E-state index contributed by atoms with van der Waals surface area (Å²) in [5, 5.41) is 21.4. The quantitative estimate of drug-likeness (QED) is 0.370. The van der Waals surface area contributed by atoms with Gasteiger partial charge in [0.25, 0.3) is 11.6 Å². The lowest BCUT2D eigenvalue weighted by molar-refractivity contribution is -0.384. The van der Waals surface area contributed by atoms with E-state index in [2.05, 4.69) is 15.5 Å². The van der Waals surface area contributed by atoms with E-state index in [0.29, 0.717) is 5.88 Å². The van der Waals surface area contributed by atoms with Crippen LogP contribution in [0.4, 0.5) is 5.69 Å². The minimum absolute atomic E-state index is 0.00925. The molecule has 28 heavy (non-hydrogen) atoms. The van der Waals surface area contributed by atoms with Gasteiger partial charge in [0.1, 0.15) is 6.61 Å². The van der Waals surface area contributed by atoms with Crippen LogP contribution in [0.1, 0.15) is 10.4 Å². The number of hydrogen-bond donors (Lipinski definition) is 1.